The molecule has 0 unspecified atom stereocenters. The van der Waals surface area contributed by atoms with Gasteiger partial charge in [-0.2, -0.15) is 0 Å². The zero-order chi connectivity index (χ0) is 53.9. The van der Waals surface area contributed by atoms with Crippen LogP contribution in [-0.2, 0) is 77.2 Å². The van der Waals surface area contributed by atoms with Crippen molar-refractivity contribution in [3.8, 4) is 0 Å². The number of anilines is 3. The van der Waals surface area contributed by atoms with Crippen LogP contribution in [-0.4, -0.2) is 180 Å². The molecule has 4 aliphatic carbocycles. The van der Waals surface area contributed by atoms with Crippen molar-refractivity contribution in [1.82, 2.24) is 54.4 Å². The summed E-state index contributed by atoms with van der Waals surface area (Å²) in [5, 5.41) is 3.60. The Morgan fingerprint density at radius 1 is 0.481 bits per heavy atom. The molecule has 0 aromatic carbocycles. The van der Waals surface area contributed by atoms with Crippen molar-refractivity contribution in [2.75, 3.05) is 98.3 Å². The fourth-order valence-corrected chi connectivity index (χ4v) is 14.2. The van der Waals surface area contributed by atoms with Crippen molar-refractivity contribution in [2.45, 2.75) is 142 Å². The standard InChI is InChI=1S/C19H25N5O2S.C18H25N5OS.C18H24N4OS.CH4/c1-11(25)24-8-7-13-14(10-24)27-19-17(13)18(23(4)12-5-6-12)20-15(21-19)9-16(26)22(2)3;1-21(2)15(24)9-14-19-17(23(4)11-5-6-11)16-12-7-8-22(3)10-13(12)25-18(16)20-14;1-21(2)15(23)10-14-19-17(22(3)11-8-9-11)16-12-6-4-5-7-13(12)24-18(16)20-14;/h12H,5-10H2,1-4H3;11H,5-10H2,1-4H3;11H,4-10H2,1-3H3;1H4. The average Bonchev–Trinajstić information content (AvgIpc) is 4.39. The third kappa shape index (κ3) is 12.2. The summed E-state index contributed by atoms with van der Waals surface area (Å²) >= 11 is 5.22. The average molecular weight is 1110 g/mol. The highest BCUT2D eigenvalue weighted by atomic mass is 32.1. The Hall–Kier alpha value is -5.64. The number of thiophene rings is 3. The Kier molecular flexibility index (Phi) is 16.7. The first kappa shape index (κ1) is 56.1. The molecule has 4 amide bonds. The first-order chi connectivity index (χ1) is 36.3. The lowest BCUT2D eigenvalue weighted by Crippen LogP contribution is -2.33. The summed E-state index contributed by atoms with van der Waals surface area (Å²) < 4.78 is 0. The molecule has 2 aliphatic heterocycles. The Morgan fingerprint density at radius 2 is 0.831 bits per heavy atom. The number of hydrogen-bond acceptors (Lipinski definition) is 17. The SMILES string of the molecule is C.CC(=O)N1CCc2c(sc3nc(CC(=O)N(C)C)nc(N(C)C4CC4)c23)C1.CN(C)C(=O)Cc1nc(N(C)C2CC2)c2c3c(sc2n1)CCCC3.CN1CCc2c(sc3nc(CC(=O)N(C)C)nc(N(C)C4CC4)c23)C1. The minimum Gasteiger partial charge on any atom is -0.356 e. The fourth-order valence-electron chi connectivity index (χ4n) is 10.4. The third-order valence-electron chi connectivity index (χ3n) is 15.6. The molecule has 414 valence electrons. The predicted molar refractivity (Wildman–Crippen MR) is 312 cm³/mol. The molecule has 0 atom stereocenters. The van der Waals surface area contributed by atoms with Crippen LogP contribution in [0.3, 0.4) is 0 Å². The monoisotopic (exact) mass is 1110 g/mol. The van der Waals surface area contributed by atoms with Gasteiger partial charge in [0.25, 0.3) is 0 Å². The summed E-state index contributed by atoms with van der Waals surface area (Å²) in [4.78, 5) is 100.0. The molecule has 0 radical (unpaired) electrons. The lowest BCUT2D eigenvalue weighted by atomic mass is 9.97. The van der Waals surface area contributed by atoms with E-state index in [1.807, 2.05) is 16.2 Å². The smallest absolute Gasteiger partial charge is 0.229 e. The van der Waals surface area contributed by atoms with Gasteiger partial charge in [0, 0.05) is 123 Å². The molecular formula is C56H78N14O4S3. The van der Waals surface area contributed by atoms with Crippen LogP contribution in [0.25, 0.3) is 30.6 Å². The zero-order valence-corrected chi connectivity index (χ0v) is 48.7. The first-order valence-corrected chi connectivity index (χ1v) is 29.4. The van der Waals surface area contributed by atoms with E-state index in [-0.39, 0.29) is 50.3 Å². The molecule has 21 heteroatoms. The van der Waals surface area contributed by atoms with Crippen molar-refractivity contribution < 1.29 is 19.2 Å². The highest BCUT2D eigenvalue weighted by Gasteiger charge is 2.35. The fraction of sp³-hybridized carbons (Fsp3) is 0.607. The van der Waals surface area contributed by atoms with Crippen LogP contribution >= 0.6 is 34.0 Å². The third-order valence-corrected chi connectivity index (χ3v) is 19.1. The van der Waals surface area contributed by atoms with Gasteiger partial charge in [-0.1, -0.05) is 7.43 Å². The topological polar surface area (TPSA) is 172 Å². The summed E-state index contributed by atoms with van der Waals surface area (Å²) in [5.74, 6) is 5.08. The Labute approximate surface area is 465 Å². The number of aryl methyl sites for hydroxylation is 2. The molecule has 6 aliphatic rings. The highest BCUT2D eigenvalue weighted by molar-refractivity contribution is 7.19. The molecule has 6 aromatic rings. The van der Waals surface area contributed by atoms with E-state index in [0.29, 0.717) is 42.1 Å². The van der Waals surface area contributed by atoms with Gasteiger partial charge in [-0.15, -0.1) is 34.0 Å². The number of carbonyl (C=O) groups is 4. The molecule has 12 rings (SSSR count). The van der Waals surface area contributed by atoms with Crippen LogP contribution in [0.5, 0.6) is 0 Å². The summed E-state index contributed by atoms with van der Waals surface area (Å²) in [6, 6.07) is 1.70. The Bertz CT molecular complexity index is 3210. The molecule has 3 saturated carbocycles. The highest BCUT2D eigenvalue weighted by Crippen LogP contribution is 2.44. The van der Waals surface area contributed by atoms with Gasteiger partial charge in [0.2, 0.25) is 23.6 Å². The van der Waals surface area contributed by atoms with Gasteiger partial charge in [0.05, 0.1) is 42.0 Å². The van der Waals surface area contributed by atoms with Gasteiger partial charge in [0.1, 0.15) is 49.4 Å². The molecule has 8 heterocycles. The summed E-state index contributed by atoms with van der Waals surface area (Å²) in [6.07, 6.45) is 14.7. The van der Waals surface area contributed by atoms with E-state index in [0.717, 1.165) is 82.6 Å². The van der Waals surface area contributed by atoms with Crippen LogP contribution in [0.15, 0.2) is 0 Å². The van der Waals surface area contributed by atoms with E-state index >= 15 is 0 Å². The van der Waals surface area contributed by atoms with E-state index in [9.17, 15) is 19.2 Å². The molecule has 6 aromatic heterocycles. The maximum absolute atomic E-state index is 12.2. The molecule has 3 fully saturated rings. The number of hydrogen-bond donors (Lipinski definition) is 0. The van der Waals surface area contributed by atoms with Crippen molar-refractivity contribution in [3.05, 3.63) is 48.8 Å². The van der Waals surface area contributed by atoms with Gasteiger partial charge in [-0.05, 0) is 101 Å². The summed E-state index contributed by atoms with van der Waals surface area (Å²) in [6.45, 7) is 5.06. The van der Waals surface area contributed by atoms with Crippen LogP contribution < -0.4 is 14.7 Å². The summed E-state index contributed by atoms with van der Waals surface area (Å²) in [5.41, 5.74) is 4.17. The number of amides is 4. The molecule has 0 saturated heterocycles. The maximum atomic E-state index is 12.2. The molecule has 77 heavy (non-hydrogen) atoms. The second-order valence-corrected chi connectivity index (χ2v) is 25.5. The van der Waals surface area contributed by atoms with Crippen LogP contribution in [0.4, 0.5) is 17.5 Å². The lowest BCUT2D eigenvalue weighted by molar-refractivity contribution is -0.130. The normalized spacial score (nSPS) is 16.7. The van der Waals surface area contributed by atoms with Gasteiger partial charge in [0.15, 0.2) is 0 Å². The second-order valence-electron chi connectivity index (χ2n) is 22.2. The van der Waals surface area contributed by atoms with Gasteiger partial charge >= 0.3 is 0 Å². The largest absolute Gasteiger partial charge is 0.356 e. The van der Waals surface area contributed by atoms with Gasteiger partial charge < -0.3 is 39.2 Å². The van der Waals surface area contributed by atoms with E-state index in [4.69, 9.17) is 29.9 Å². The van der Waals surface area contributed by atoms with Crippen molar-refractivity contribution in [1.29, 1.82) is 0 Å². The minimum atomic E-state index is -0.00144. The predicted octanol–water partition coefficient (Wildman–Crippen LogP) is 7.17. The number of fused-ring (bicyclic) bond motifs is 9. The van der Waals surface area contributed by atoms with Gasteiger partial charge in [-0.25, -0.2) is 29.9 Å². The van der Waals surface area contributed by atoms with Crippen LogP contribution in [0, 0.1) is 0 Å². The zero-order valence-electron chi connectivity index (χ0n) is 46.3. The van der Waals surface area contributed by atoms with Gasteiger partial charge in [-0.3, -0.25) is 19.2 Å². The van der Waals surface area contributed by atoms with Crippen LogP contribution in [0.2, 0.25) is 0 Å². The number of likely N-dealkylation sites (N-methyl/N-ethyl adjacent to an activating group) is 4. The van der Waals surface area contributed by atoms with E-state index in [1.54, 1.807) is 86.6 Å². The number of rotatable bonds is 12. The molecular weight excluding hydrogens is 1030 g/mol. The van der Waals surface area contributed by atoms with E-state index in [1.165, 1.54) is 93.5 Å². The van der Waals surface area contributed by atoms with Crippen LogP contribution in [0.1, 0.15) is 115 Å². The first-order valence-electron chi connectivity index (χ1n) is 27.0. The number of carbonyl (C=O) groups excluding carboxylic acids is 4. The van der Waals surface area contributed by atoms with Crippen molar-refractivity contribution in [3.63, 3.8) is 0 Å². The van der Waals surface area contributed by atoms with E-state index in [2.05, 4.69) is 47.8 Å². The second kappa shape index (κ2) is 23.0. The number of nitrogens with zero attached hydrogens (tertiary/aromatic N) is 14. The molecule has 0 spiro atoms. The quantitative estimate of drug-likeness (QED) is 0.121. The lowest BCUT2D eigenvalue weighted by Gasteiger charge is -2.26. The molecule has 18 nitrogen and oxygen atoms in total. The summed E-state index contributed by atoms with van der Waals surface area (Å²) in [7, 11) is 19.1. The maximum Gasteiger partial charge on any atom is 0.229 e. The molecule has 0 N–H and O–H groups in total. The molecule has 0 bridgehead atoms. The Balaban J connectivity index is 0.000000140. The number of aromatic nitrogens is 6. The van der Waals surface area contributed by atoms with E-state index < -0.39 is 0 Å². The van der Waals surface area contributed by atoms with Crippen molar-refractivity contribution >= 4 is 106 Å². The minimum absolute atomic E-state index is 0. The van der Waals surface area contributed by atoms with Crippen molar-refractivity contribution in [2.24, 2.45) is 0 Å². The Morgan fingerprint density at radius 3 is 1.21 bits per heavy atom.